The minimum atomic E-state index is -1.99. The summed E-state index contributed by atoms with van der Waals surface area (Å²) in [5.74, 6) is -0.222. The van der Waals surface area contributed by atoms with Crippen molar-refractivity contribution in [3.8, 4) is 0 Å². The largest absolute Gasteiger partial charge is 0.412 e. The molecule has 1 amide bonds. The summed E-state index contributed by atoms with van der Waals surface area (Å²) in [5, 5.41) is 14.0. The van der Waals surface area contributed by atoms with Crippen molar-refractivity contribution in [1.82, 2.24) is 0 Å². The number of carbonyl (C=O) groups excluding carboxylic acids is 1. The molecular formula is C21H28N2O4Si. The van der Waals surface area contributed by atoms with Gasteiger partial charge in [-0.05, 0) is 29.8 Å². The van der Waals surface area contributed by atoms with Crippen molar-refractivity contribution < 1.29 is 14.1 Å². The van der Waals surface area contributed by atoms with Crippen LogP contribution in [0, 0.1) is 10.1 Å². The maximum absolute atomic E-state index is 12.5. The average molecular weight is 401 g/mol. The number of nitrogens with one attached hydrogen (secondary N) is 1. The van der Waals surface area contributed by atoms with E-state index in [1.807, 2.05) is 30.3 Å². The number of anilines is 1. The average Bonchev–Trinajstić information content (AvgIpc) is 2.60. The molecule has 1 N–H and O–H groups in total. The second-order valence-electron chi connectivity index (χ2n) is 8.36. The lowest BCUT2D eigenvalue weighted by atomic mass is 10.1. The van der Waals surface area contributed by atoms with Crippen LogP contribution >= 0.6 is 0 Å². The third-order valence-corrected chi connectivity index (χ3v) is 9.66. The predicted molar refractivity (Wildman–Crippen MR) is 114 cm³/mol. The molecular weight excluding hydrogens is 372 g/mol. The number of nitrogens with zero attached hydrogens (tertiary/aromatic N) is 1. The van der Waals surface area contributed by atoms with Crippen molar-refractivity contribution in [2.24, 2.45) is 0 Å². The molecule has 0 unspecified atom stereocenters. The summed E-state index contributed by atoms with van der Waals surface area (Å²) in [4.78, 5) is 23.2. The first kappa shape index (κ1) is 21.8. The third kappa shape index (κ3) is 5.74. The predicted octanol–water partition coefficient (Wildman–Crippen LogP) is 5.30. The number of nitro groups is 1. The number of hydrogen-bond donors (Lipinski definition) is 1. The van der Waals surface area contributed by atoms with Gasteiger partial charge in [-0.1, -0.05) is 51.1 Å². The van der Waals surface area contributed by atoms with Crippen LogP contribution in [0.4, 0.5) is 11.4 Å². The summed E-state index contributed by atoms with van der Waals surface area (Å²) in [5.41, 5.74) is 1.97. The van der Waals surface area contributed by atoms with E-state index in [2.05, 4.69) is 39.2 Å². The lowest BCUT2D eigenvalue weighted by Crippen LogP contribution is -2.40. The first-order valence-corrected chi connectivity index (χ1v) is 12.2. The van der Waals surface area contributed by atoms with Crippen molar-refractivity contribution in [1.29, 1.82) is 0 Å². The molecule has 0 saturated carbocycles. The second-order valence-corrected chi connectivity index (χ2v) is 13.2. The summed E-state index contributed by atoms with van der Waals surface area (Å²) in [6.45, 7) is 11.0. The van der Waals surface area contributed by atoms with E-state index in [4.69, 9.17) is 4.43 Å². The van der Waals surface area contributed by atoms with Crippen molar-refractivity contribution in [2.45, 2.75) is 51.9 Å². The minimum Gasteiger partial charge on any atom is -0.412 e. The van der Waals surface area contributed by atoms with E-state index in [1.54, 1.807) is 6.07 Å². The third-order valence-electron chi connectivity index (χ3n) is 5.18. The van der Waals surface area contributed by atoms with Gasteiger partial charge in [0.25, 0.3) is 5.69 Å². The molecule has 0 spiro atoms. The SMILES string of the molecule is CC(C)(C)[Si](C)(C)OCc1ccc([N+](=O)[O-])cc1NC(=O)Cc1ccccc1. The van der Waals surface area contributed by atoms with Gasteiger partial charge in [0.05, 0.1) is 23.6 Å². The summed E-state index contributed by atoms with van der Waals surface area (Å²) < 4.78 is 6.24. The lowest BCUT2D eigenvalue weighted by molar-refractivity contribution is -0.384. The zero-order valence-electron chi connectivity index (χ0n) is 17.1. The van der Waals surface area contributed by atoms with Crippen LogP contribution in [0.2, 0.25) is 18.1 Å². The van der Waals surface area contributed by atoms with Crippen LogP contribution in [0.25, 0.3) is 0 Å². The van der Waals surface area contributed by atoms with E-state index >= 15 is 0 Å². The Morgan fingerprint density at radius 2 is 1.79 bits per heavy atom. The minimum absolute atomic E-state index is 0.0461. The summed E-state index contributed by atoms with van der Waals surface area (Å²) >= 11 is 0. The van der Waals surface area contributed by atoms with Gasteiger partial charge in [-0.15, -0.1) is 0 Å². The van der Waals surface area contributed by atoms with Crippen LogP contribution in [0.5, 0.6) is 0 Å². The Morgan fingerprint density at radius 1 is 1.14 bits per heavy atom. The molecule has 0 radical (unpaired) electrons. The zero-order valence-corrected chi connectivity index (χ0v) is 18.1. The molecule has 0 aliphatic heterocycles. The summed E-state index contributed by atoms with van der Waals surface area (Å²) in [7, 11) is -1.99. The Balaban J connectivity index is 2.21. The Kier molecular flexibility index (Phi) is 6.74. The van der Waals surface area contributed by atoms with Gasteiger partial charge in [0.1, 0.15) is 0 Å². The molecule has 2 aromatic carbocycles. The molecule has 2 rings (SSSR count). The molecule has 0 bridgehead atoms. The number of nitro benzene ring substituents is 1. The second kappa shape index (κ2) is 8.66. The molecule has 0 atom stereocenters. The van der Waals surface area contributed by atoms with Crippen molar-refractivity contribution in [3.63, 3.8) is 0 Å². The molecule has 0 saturated heterocycles. The highest BCUT2D eigenvalue weighted by Gasteiger charge is 2.37. The molecule has 0 heterocycles. The van der Waals surface area contributed by atoms with Gasteiger partial charge >= 0.3 is 0 Å². The molecule has 7 heteroatoms. The van der Waals surface area contributed by atoms with E-state index < -0.39 is 13.2 Å². The van der Waals surface area contributed by atoms with Crippen LogP contribution in [0.15, 0.2) is 48.5 Å². The fourth-order valence-corrected chi connectivity index (χ4v) is 3.32. The fourth-order valence-electron chi connectivity index (χ4n) is 2.37. The van der Waals surface area contributed by atoms with Crippen LogP contribution < -0.4 is 5.32 Å². The van der Waals surface area contributed by atoms with Crippen LogP contribution in [0.3, 0.4) is 0 Å². The van der Waals surface area contributed by atoms with Crippen molar-refractivity contribution >= 4 is 25.6 Å². The normalized spacial score (nSPS) is 11.9. The Morgan fingerprint density at radius 3 is 2.36 bits per heavy atom. The topological polar surface area (TPSA) is 81.5 Å². The summed E-state index contributed by atoms with van der Waals surface area (Å²) in [6.07, 6.45) is 0.200. The highest BCUT2D eigenvalue weighted by Crippen LogP contribution is 2.37. The van der Waals surface area contributed by atoms with Gasteiger partial charge in [-0.2, -0.15) is 0 Å². The molecule has 2 aromatic rings. The van der Waals surface area contributed by atoms with Gasteiger partial charge in [0.2, 0.25) is 5.91 Å². The van der Waals surface area contributed by atoms with E-state index in [0.29, 0.717) is 12.3 Å². The van der Waals surface area contributed by atoms with Gasteiger partial charge < -0.3 is 9.74 Å². The van der Waals surface area contributed by atoms with Crippen LogP contribution in [-0.2, 0) is 22.2 Å². The van der Waals surface area contributed by atoms with Gasteiger partial charge in [0.15, 0.2) is 8.32 Å². The number of benzene rings is 2. The van der Waals surface area contributed by atoms with E-state index in [1.165, 1.54) is 12.1 Å². The number of carbonyl (C=O) groups is 1. The smallest absolute Gasteiger partial charge is 0.271 e. The first-order valence-electron chi connectivity index (χ1n) is 9.25. The highest BCUT2D eigenvalue weighted by atomic mass is 28.4. The van der Waals surface area contributed by atoms with E-state index in [0.717, 1.165) is 11.1 Å². The van der Waals surface area contributed by atoms with Crippen molar-refractivity contribution in [3.05, 3.63) is 69.8 Å². The molecule has 0 aromatic heterocycles. The number of hydrogen-bond acceptors (Lipinski definition) is 4. The number of rotatable bonds is 7. The van der Waals surface area contributed by atoms with Gasteiger partial charge in [0, 0.05) is 17.7 Å². The Hall–Kier alpha value is -2.51. The van der Waals surface area contributed by atoms with Gasteiger partial charge in [-0.25, -0.2) is 0 Å². The van der Waals surface area contributed by atoms with Gasteiger partial charge in [-0.3, -0.25) is 14.9 Å². The fraction of sp³-hybridized carbons (Fsp3) is 0.381. The van der Waals surface area contributed by atoms with Crippen LogP contribution in [-0.4, -0.2) is 19.1 Å². The molecule has 28 heavy (non-hydrogen) atoms. The molecule has 0 aliphatic rings. The van der Waals surface area contributed by atoms with Crippen molar-refractivity contribution in [2.75, 3.05) is 5.32 Å². The molecule has 150 valence electrons. The number of amides is 1. The monoisotopic (exact) mass is 400 g/mol. The van der Waals surface area contributed by atoms with E-state index in [9.17, 15) is 14.9 Å². The maximum Gasteiger partial charge on any atom is 0.271 e. The maximum atomic E-state index is 12.5. The highest BCUT2D eigenvalue weighted by molar-refractivity contribution is 6.74. The quantitative estimate of drug-likeness (QED) is 0.388. The molecule has 0 fully saturated rings. The van der Waals surface area contributed by atoms with E-state index in [-0.39, 0.29) is 23.1 Å². The number of non-ortho nitro benzene ring substituents is 1. The van der Waals surface area contributed by atoms with Crippen LogP contribution in [0.1, 0.15) is 31.9 Å². The first-order chi connectivity index (χ1) is 13.0. The zero-order chi connectivity index (χ0) is 20.9. The summed E-state index contributed by atoms with van der Waals surface area (Å²) in [6, 6.07) is 13.9. The molecule has 6 nitrogen and oxygen atoms in total. The Labute approximate surface area is 167 Å². The standard InChI is InChI=1S/C21H28N2O4Si/c1-21(2,3)28(4,5)27-15-17-11-12-18(23(25)26)14-19(17)22-20(24)13-16-9-7-6-8-10-16/h6-12,14H,13,15H2,1-5H3,(H,22,24). The lowest BCUT2D eigenvalue weighted by Gasteiger charge is -2.36. The Bertz CT molecular complexity index is 845. The molecule has 0 aliphatic carbocycles.